The van der Waals surface area contributed by atoms with Crippen LogP contribution in [0, 0.1) is 11.7 Å². The van der Waals surface area contributed by atoms with Crippen molar-refractivity contribution in [1.82, 2.24) is 0 Å². The van der Waals surface area contributed by atoms with Gasteiger partial charge >= 0.3 is 17.9 Å². The number of halogens is 1. The molecule has 13 heteroatoms. The average Bonchev–Trinajstić information content (AvgIpc) is 3.13. The Balaban J connectivity index is 1.51. The van der Waals surface area contributed by atoms with Gasteiger partial charge in [0, 0.05) is 38.5 Å². The van der Waals surface area contributed by atoms with E-state index in [0.717, 1.165) is 48.1 Å². The van der Waals surface area contributed by atoms with E-state index in [2.05, 4.69) is 0 Å². The van der Waals surface area contributed by atoms with Crippen molar-refractivity contribution in [2.24, 2.45) is 5.92 Å². The van der Waals surface area contributed by atoms with Gasteiger partial charge in [-0.1, -0.05) is 61.4 Å². The number of esters is 3. The Kier molecular flexibility index (Phi) is 15.5. The predicted molar refractivity (Wildman–Crippen MR) is 205 cm³/mol. The summed E-state index contributed by atoms with van der Waals surface area (Å²) in [4.78, 5) is 50.5. The first kappa shape index (κ1) is 43.1. The lowest BCUT2D eigenvalue weighted by molar-refractivity contribution is -0.161. The number of hydrogen-bond donors (Lipinski definition) is 1. The van der Waals surface area contributed by atoms with Gasteiger partial charge in [-0.25, -0.2) is 12.8 Å². The van der Waals surface area contributed by atoms with E-state index in [4.69, 9.17) is 14.2 Å². The van der Waals surface area contributed by atoms with E-state index in [1.54, 1.807) is 17.0 Å². The fraction of sp³-hybridized carbons (Fsp3) is 0.476. The van der Waals surface area contributed by atoms with Gasteiger partial charge in [0.2, 0.25) is 5.91 Å². The van der Waals surface area contributed by atoms with E-state index in [9.17, 15) is 37.1 Å². The van der Waals surface area contributed by atoms with Crippen LogP contribution in [0.3, 0.4) is 0 Å². The summed E-state index contributed by atoms with van der Waals surface area (Å²) in [6.45, 7) is 3.12. The number of unbranched alkanes of at least 4 members (excludes halogenated alkanes) is 3. The second kappa shape index (κ2) is 19.8. The van der Waals surface area contributed by atoms with Gasteiger partial charge < -0.3 is 24.2 Å². The predicted octanol–water partition coefficient (Wildman–Crippen LogP) is 6.55. The van der Waals surface area contributed by atoms with Crippen LogP contribution in [0.4, 0.5) is 10.1 Å². The highest BCUT2D eigenvalue weighted by Gasteiger charge is 2.48. The summed E-state index contributed by atoms with van der Waals surface area (Å²) in [6.07, 6.45) is 6.04. The Labute approximate surface area is 323 Å². The largest absolute Gasteiger partial charge is 0.463 e. The van der Waals surface area contributed by atoms with E-state index in [0.29, 0.717) is 31.2 Å². The zero-order valence-corrected chi connectivity index (χ0v) is 32.8. The molecule has 298 valence electrons. The molecule has 11 nitrogen and oxygen atoms in total. The van der Waals surface area contributed by atoms with Crippen LogP contribution < -0.4 is 4.90 Å². The van der Waals surface area contributed by atoms with Crippen LogP contribution in [0.15, 0.2) is 72.8 Å². The number of β-lactam (4-membered cyclic amide) rings is 1. The van der Waals surface area contributed by atoms with E-state index in [-0.39, 0.29) is 37.3 Å². The molecule has 1 N–H and O–H groups in total. The Bertz CT molecular complexity index is 1850. The highest BCUT2D eigenvalue weighted by atomic mass is 32.2. The molecular formula is C42H52FNO10S. The van der Waals surface area contributed by atoms with Crippen LogP contribution in [0.5, 0.6) is 0 Å². The maximum absolute atomic E-state index is 13.9. The van der Waals surface area contributed by atoms with Crippen LogP contribution in [0.1, 0.15) is 100 Å². The van der Waals surface area contributed by atoms with Gasteiger partial charge in [-0.05, 0) is 91.5 Å². The number of anilines is 1. The second-order valence-electron chi connectivity index (χ2n) is 14.5. The van der Waals surface area contributed by atoms with E-state index in [1.807, 2.05) is 48.5 Å². The number of hydrogen-bond acceptors (Lipinski definition) is 10. The molecule has 1 heterocycles. The number of rotatable bonds is 21. The number of ether oxygens (including phenoxy) is 3. The summed E-state index contributed by atoms with van der Waals surface area (Å²) < 4.78 is 52.2. The molecule has 0 aromatic heterocycles. The first-order valence-electron chi connectivity index (χ1n) is 18.6. The molecule has 1 amide bonds. The minimum absolute atomic E-state index is 0.0746. The van der Waals surface area contributed by atoms with Gasteiger partial charge in [0.15, 0.2) is 0 Å². The molecule has 1 saturated heterocycles. The highest BCUT2D eigenvalue weighted by molar-refractivity contribution is 7.90. The van der Waals surface area contributed by atoms with Gasteiger partial charge in [-0.15, -0.1) is 0 Å². The van der Waals surface area contributed by atoms with Crippen molar-refractivity contribution in [3.05, 3.63) is 101 Å². The Morgan fingerprint density at radius 2 is 1.36 bits per heavy atom. The third-order valence-electron chi connectivity index (χ3n) is 9.74. The van der Waals surface area contributed by atoms with Crippen molar-refractivity contribution in [2.45, 2.75) is 96.3 Å². The molecule has 3 aromatic rings. The number of aryl methyl sites for hydroxylation is 2. The number of amides is 1. The lowest BCUT2D eigenvalue weighted by atomic mass is 9.78. The fourth-order valence-corrected chi connectivity index (χ4v) is 7.52. The van der Waals surface area contributed by atoms with Gasteiger partial charge in [0.1, 0.15) is 40.6 Å². The van der Waals surface area contributed by atoms with E-state index >= 15 is 0 Å². The molecule has 0 spiro atoms. The number of carbonyl (C=O) groups is 4. The Morgan fingerprint density at radius 3 is 1.93 bits per heavy atom. The summed E-state index contributed by atoms with van der Waals surface area (Å²) in [5.41, 5.74) is 2.66. The molecule has 1 aliphatic heterocycles. The van der Waals surface area contributed by atoms with Gasteiger partial charge in [-0.3, -0.25) is 19.2 Å². The number of nitrogens with zero attached hydrogens (tertiary/aromatic N) is 1. The van der Waals surface area contributed by atoms with Crippen molar-refractivity contribution in [3.8, 4) is 0 Å². The summed E-state index contributed by atoms with van der Waals surface area (Å²) >= 11 is 0. The molecule has 0 radical (unpaired) electrons. The van der Waals surface area contributed by atoms with Crippen LogP contribution in [0.2, 0.25) is 0 Å². The summed E-state index contributed by atoms with van der Waals surface area (Å²) in [5.74, 6) is -2.33. The lowest BCUT2D eigenvalue weighted by Crippen LogP contribution is -2.55. The highest BCUT2D eigenvalue weighted by Crippen LogP contribution is 2.46. The van der Waals surface area contributed by atoms with Crippen LogP contribution >= 0.6 is 0 Å². The van der Waals surface area contributed by atoms with Gasteiger partial charge in [0.25, 0.3) is 0 Å². The zero-order chi connectivity index (χ0) is 40.2. The van der Waals surface area contributed by atoms with Crippen molar-refractivity contribution in [3.63, 3.8) is 0 Å². The van der Waals surface area contributed by atoms with Crippen molar-refractivity contribution in [2.75, 3.05) is 30.1 Å². The van der Waals surface area contributed by atoms with E-state index < -0.39 is 51.2 Å². The maximum atomic E-state index is 13.9. The number of sulfone groups is 1. The molecule has 0 saturated carbocycles. The molecule has 3 atom stereocenters. The SMILES string of the molecule is CC(=O)OCC(O)(CCc1ccc([C@@H]2[C@@H](CC[C@H](OC(C)=O)c3ccc(F)cc3)C(=O)N2c2ccc(CCCCCCS(C)(=O)=O)cc2)cc1)COC(C)=O. The number of aliphatic hydroxyl groups is 1. The van der Waals surface area contributed by atoms with Crippen LogP contribution in [-0.4, -0.2) is 68.2 Å². The third-order valence-corrected chi connectivity index (χ3v) is 10.8. The van der Waals surface area contributed by atoms with Crippen molar-refractivity contribution >= 4 is 39.3 Å². The standard InChI is InChI=1S/C42H52FNO10S/c1-29(45)52-27-42(49,28-53-30(2)46)25-24-33-10-14-35(15-11-33)40-38(22-23-39(54-31(3)47)34-16-18-36(43)19-17-34)41(48)44(40)37-20-12-32(13-21-37)9-7-5-6-8-26-55(4,50)51/h10-21,38-40,49H,5-9,22-28H2,1-4H3/t38-,39+,40-/m1/s1. The van der Waals surface area contributed by atoms with Crippen LogP contribution in [-0.2, 0) is 56.1 Å². The fourth-order valence-electron chi connectivity index (χ4n) is 6.79. The summed E-state index contributed by atoms with van der Waals surface area (Å²) in [6, 6.07) is 21.0. The Morgan fingerprint density at radius 1 is 0.800 bits per heavy atom. The average molecular weight is 782 g/mol. The summed E-state index contributed by atoms with van der Waals surface area (Å²) in [7, 11) is -2.95. The molecule has 3 aromatic carbocycles. The minimum Gasteiger partial charge on any atom is -0.463 e. The first-order chi connectivity index (χ1) is 26.0. The number of benzene rings is 3. The quantitative estimate of drug-likeness (QED) is 0.0545. The first-order valence-corrected chi connectivity index (χ1v) is 20.7. The minimum atomic E-state index is -2.95. The third kappa shape index (κ3) is 13.6. The molecule has 1 aliphatic rings. The molecule has 0 aliphatic carbocycles. The second-order valence-corrected chi connectivity index (χ2v) is 16.7. The molecule has 1 fully saturated rings. The monoisotopic (exact) mass is 781 g/mol. The maximum Gasteiger partial charge on any atom is 0.303 e. The topological polar surface area (TPSA) is 154 Å². The van der Waals surface area contributed by atoms with Gasteiger partial charge in [-0.2, -0.15) is 0 Å². The summed E-state index contributed by atoms with van der Waals surface area (Å²) in [5, 5.41) is 11.1. The molecule has 0 unspecified atom stereocenters. The molecule has 55 heavy (non-hydrogen) atoms. The van der Waals surface area contributed by atoms with Crippen molar-refractivity contribution < 1.29 is 51.3 Å². The van der Waals surface area contributed by atoms with E-state index in [1.165, 1.54) is 39.2 Å². The molecule has 4 rings (SSSR count). The molecule has 0 bridgehead atoms. The normalized spacial score (nSPS) is 16.3. The van der Waals surface area contributed by atoms with Crippen molar-refractivity contribution in [1.29, 1.82) is 0 Å². The lowest BCUT2D eigenvalue weighted by Gasteiger charge is -2.48. The van der Waals surface area contributed by atoms with Crippen LogP contribution in [0.25, 0.3) is 0 Å². The zero-order valence-electron chi connectivity index (χ0n) is 32.0. The smallest absolute Gasteiger partial charge is 0.303 e. The Hall–Kier alpha value is -4.62. The number of carbonyl (C=O) groups excluding carboxylic acids is 4. The van der Waals surface area contributed by atoms with Gasteiger partial charge in [0.05, 0.1) is 12.0 Å². The molecular weight excluding hydrogens is 730 g/mol.